The molecule has 3 aromatic heterocycles. The van der Waals surface area contributed by atoms with Crippen molar-refractivity contribution in [2.45, 2.75) is 0 Å². The molecule has 0 saturated carbocycles. The third-order valence-electron chi connectivity index (χ3n) is 11.5. The maximum Gasteiger partial charge on any atom is 0.145 e. The maximum absolute atomic E-state index is 5.17. The van der Waals surface area contributed by atoms with Gasteiger partial charge in [0.1, 0.15) is 5.82 Å². The molecule has 0 aliphatic rings. The van der Waals surface area contributed by atoms with Gasteiger partial charge in [0.25, 0.3) is 0 Å². The van der Waals surface area contributed by atoms with E-state index in [4.69, 9.17) is 4.98 Å². The van der Waals surface area contributed by atoms with Crippen molar-refractivity contribution in [3.8, 4) is 22.8 Å². The van der Waals surface area contributed by atoms with Crippen LogP contribution in [0, 0.1) is 0 Å². The molecule has 12 rings (SSSR count). The van der Waals surface area contributed by atoms with E-state index in [1.54, 1.807) is 0 Å². The van der Waals surface area contributed by atoms with Crippen LogP contribution < -0.4 is 4.90 Å². The van der Waals surface area contributed by atoms with Crippen LogP contribution in [0.1, 0.15) is 0 Å². The Morgan fingerprint density at radius 1 is 0.431 bits per heavy atom. The lowest BCUT2D eigenvalue weighted by molar-refractivity contribution is 1.10. The van der Waals surface area contributed by atoms with Crippen molar-refractivity contribution in [3.05, 3.63) is 206 Å². The summed E-state index contributed by atoms with van der Waals surface area (Å²) >= 11 is 1.86. The molecule has 0 saturated heterocycles. The number of fused-ring (bicyclic) bond motifs is 9. The number of rotatable bonds is 6. The molecule has 272 valence electrons. The Morgan fingerprint density at radius 3 is 2.00 bits per heavy atom. The summed E-state index contributed by atoms with van der Waals surface area (Å²) < 4.78 is 7.32. The molecule has 3 heterocycles. The molecule has 0 bridgehead atoms. The second kappa shape index (κ2) is 13.1. The largest absolute Gasteiger partial charge is 0.310 e. The molecule has 9 aromatic carbocycles. The SMILES string of the molecule is c1ccc(N(c2ccc3c(c2)c2ccc4sc5ccccc5c4c2n3-c2ccc(-c3nc4ccccc4n3-c3ccccc3)cc2)c2cccc3ccccc23)cc1. The predicted octanol–water partition coefficient (Wildman–Crippen LogP) is 14.8. The molecule has 5 heteroatoms. The van der Waals surface area contributed by atoms with Gasteiger partial charge in [-0.05, 0) is 102 Å². The fourth-order valence-corrected chi connectivity index (χ4v) is 10.0. The number of benzene rings is 9. The fourth-order valence-electron chi connectivity index (χ4n) is 8.94. The summed E-state index contributed by atoms with van der Waals surface area (Å²) in [5.74, 6) is 0.923. The van der Waals surface area contributed by atoms with E-state index in [1.807, 2.05) is 11.3 Å². The average Bonchev–Trinajstić information content (AvgIpc) is 3.97. The molecule has 0 aliphatic carbocycles. The van der Waals surface area contributed by atoms with Crippen LogP contribution in [0.15, 0.2) is 206 Å². The summed E-state index contributed by atoms with van der Waals surface area (Å²) in [5, 5.41) is 7.44. The highest BCUT2D eigenvalue weighted by atomic mass is 32.1. The van der Waals surface area contributed by atoms with Crippen molar-refractivity contribution in [3.63, 3.8) is 0 Å². The van der Waals surface area contributed by atoms with Gasteiger partial charge in [0.2, 0.25) is 0 Å². The minimum atomic E-state index is 0.923. The number of hydrogen-bond donors (Lipinski definition) is 0. The summed E-state index contributed by atoms with van der Waals surface area (Å²) in [7, 11) is 0. The van der Waals surface area contributed by atoms with Crippen LogP contribution in [-0.2, 0) is 0 Å². The van der Waals surface area contributed by atoms with Crippen LogP contribution in [0.3, 0.4) is 0 Å². The number of aromatic nitrogens is 3. The molecule has 0 N–H and O–H groups in total. The van der Waals surface area contributed by atoms with Crippen molar-refractivity contribution >= 4 is 92.2 Å². The predicted molar refractivity (Wildman–Crippen MR) is 246 cm³/mol. The first-order chi connectivity index (χ1) is 28.8. The molecule has 12 aromatic rings. The van der Waals surface area contributed by atoms with Gasteiger partial charge in [0.15, 0.2) is 0 Å². The van der Waals surface area contributed by atoms with Crippen LogP contribution in [0.2, 0.25) is 0 Å². The van der Waals surface area contributed by atoms with E-state index in [-0.39, 0.29) is 0 Å². The van der Waals surface area contributed by atoms with Crippen LogP contribution in [0.25, 0.3) is 86.5 Å². The number of hydrogen-bond acceptors (Lipinski definition) is 3. The molecule has 0 unspecified atom stereocenters. The van der Waals surface area contributed by atoms with Crippen molar-refractivity contribution in [1.82, 2.24) is 14.1 Å². The van der Waals surface area contributed by atoms with Crippen molar-refractivity contribution in [2.24, 2.45) is 0 Å². The molecular formula is C53H34N4S. The molecule has 0 amide bonds. The second-order valence-corrected chi connectivity index (χ2v) is 15.9. The van der Waals surface area contributed by atoms with Gasteiger partial charge in [-0.1, -0.05) is 109 Å². The van der Waals surface area contributed by atoms with Crippen molar-refractivity contribution in [1.29, 1.82) is 0 Å². The Labute approximate surface area is 338 Å². The number of nitrogens with zero attached hydrogens (tertiary/aromatic N) is 4. The summed E-state index contributed by atoms with van der Waals surface area (Å²) in [6.45, 7) is 0. The van der Waals surface area contributed by atoms with Gasteiger partial charge in [0.05, 0.1) is 27.8 Å². The molecule has 0 spiro atoms. The monoisotopic (exact) mass is 758 g/mol. The summed E-state index contributed by atoms with van der Waals surface area (Å²) in [6, 6.07) is 74.3. The third-order valence-corrected chi connectivity index (χ3v) is 12.6. The third kappa shape index (κ3) is 5.04. The van der Waals surface area contributed by atoms with Gasteiger partial charge < -0.3 is 9.47 Å². The van der Waals surface area contributed by atoms with Crippen LogP contribution >= 0.6 is 11.3 Å². The fraction of sp³-hybridized carbons (Fsp3) is 0. The minimum Gasteiger partial charge on any atom is -0.310 e. The first kappa shape index (κ1) is 32.7. The molecule has 0 aliphatic heterocycles. The van der Waals surface area contributed by atoms with Gasteiger partial charge in [0, 0.05) is 64.6 Å². The number of thiophene rings is 1. The number of imidazole rings is 1. The Kier molecular flexibility index (Phi) is 7.37. The minimum absolute atomic E-state index is 0.923. The molecule has 0 fully saturated rings. The number of para-hydroxylation sites is 4. The maximum atomic E-state index is 5.17. The highest BCUT2D eigenvalue weighted by molar-refractivity contribution is 7.26. The topological polar surface area (TPSA) is 26.0 Å². The second-order valence-electron chi connectivity index (χ2n) is 14.8. The van der Waals surface area contributed by atoms with E-state index in [1.165, 1.54) is 47.2 Å². The van der Waals surface area contributed by atoms with E-state index >= 15 is 0 Å². The number of anilines is 3. The average molecular weight is 759 g/mol. The standard InChI is InChI=1S/C53H34N4S/c1-3-16-37(17-4-1)55(46-24-13-15-35-14-7-8-20-41(35)46)40-30-32-47-44(34-40)42-31-33-50-51(43-21-9-12-25-49(43)58-50)52(42)56(47)39-28-26-36(27-29-39)53-54-45-22-10-11-23-48(45)57(53)38-18-5-2-6-19-38/h1-34H. The normalized spacial score (nSPS) is 11.8. The highest BCUT2D eigenvalue weighted by Gasteiger charge is 2.22. The van der Waals surface area contributed by atoms with Crippen LogP contribution in [0.5, 0.6) is 0 Å². The molecule has 4 nitrogen and oxygen atoms in total. The lowest BCUT2D eigenvalue weighted by Crippen LogP contribution is -2.10. The Hall–Kier alpha value is -7.47. The first-order valence-electron chi connectivity index (χ1n) is 19.6. The highest BCUT2D eigenvalue weighted by Crippen LogP contribution is 2.46. The first-order valence-corrected chi connectivity index (χ1v) is 20.5. The van der Waals surface area contributed by atoms with E-state index < -0.39 is 0 Å². The smallest absolute Gasteiger partial charge is 0.145 e. The molecule has 0 atom stereocenters. The zero-order valence-electron chi connectivity index (χ0n) is 31.3. The lowest BCUT2D eigenvalue weighted by atomic mass is 10.0. The van der Waals surface area contributed by atoms with Crippen molar-refractivity contribution in [2.75, 3.05) is 4.90 Å². The van der Waals surface area contributed by atoms with Gasteiger partial charge in [-0.2, -0.15) is 0 Å². The van der Waals surface area contributed by atoms with Gasteiger partial charge >= 0.3 is 0 Å². The zero-order valence-corrected chi connectivity index (χ0v) is 32.1. The van der Waals surface area contributed by atoms with E-state index in [0.29, 0.717) is 0 Å². The Balaban J connectivity index is 1.10. The van der Waals surface area contributed by atoms with Crippen LogP contribution in [0.4, 0.5) is 17.1 Å². The summed E-state index contributed by atoms with van der Waals surface area (Å²) in [6.07, 6.45) is 0. The zero-order chi connectivity index (χ0) is 38.2. The van der Waals surface area contributed by atoms with Gasteiger partial charge in [-0.25, -0.2) is 4.98 Å². The van der Waals surface area contributed by atoms with E-state index in [9.17, 15) is 0 Å². The molecule has 58 heavy (non-hydrogen) atoms. The van der Waals surface area contributed by atoms with E-state index in [0.717, 1.165) is 56.4 Å². The Bertz CT molecular complexity index is 3500. The van der Waals surface area contributed by atoms with Gasteiger partial charge in [-0.3, -0.25) is 4.57 Å². The lowest BCUT2D eigenvalue weighted by Gasteiger charge is -2.27. The van der Waals surface area contributed by atoms with Crippen molar-refractivity contribution < 1.29 is 0 Å². The van der Waals surface area contributed by atoms with Gasteiger partial charge in [-0.15, -0.1) is 11.3 Å². The summed E-state index contributed by atoms with van der Waals surface area (Å²) in [4.78, 5) is 7.57. The summed E-state index contributed by atoms with van der Waals surface area (Å²) in [5.41, 5.74) is 11.1. The van der Waals surface area contributed by atoms with E-state index in [2.05, 4.69) is 220 Å². The quantitative estimate of drug-likeness (QED) is 0.169. The molecular weight excluding hydrogens is 725 g/mol. The molecule has 0 radical (unpaired) electrons. The van der Waals surface area contributed by atoms with Crippen LogP contribution in [-0.4, -0.2) is 14.1 Å². The Morgan fingerprint density at radius 2 is 1.14 bits per heavy atom.